The molecule has 0 radical (unpaired) electrons. The van der Waals surface area contributed by atoms with Crippen molar-refractivity contribution >= 4 is 0 Å². The van der Waals surface area contributed by atoms with E-state index in [0.29, 0.717) is 5.41 Å². The lowest BCUT2D eigenvalue weighted by Crippen LogP contribution is -2.51. The zero-order chi connectivity index (χ0) is 10.2. The second-order valence-corrected chi connectivity index (χ2v) is 5.58. The summed E-state index contributed by atoms with van der Waals surface area (Å²) in [5.41, 5.74) is 1.98. The van der Waals surface area contributed by atoms with Gasteiger partial charge in [0.1, 0.15) is 0 Å². The Morgan fingerprint density at radius 1 is 1.43 bits per heavy atom. The molecule has 2 rings (SSSR count). The summed E-state index contributed by atoms with van der Waals surface area (Å²) >= 11 is 0. The molecule has 0 spiro atoms. The minimum atomic E-state index is 0.588. The van der Waals surface area contributed by atoms with E-state index in [9.17, 15) is 0 Å². The van der Waals surface area contributed by atoms with Gasteiger partial charge in [0.15, 0.2) is 0 Å². The molecule has 1 saturated heterocycles. The highest BCUT2D eigenvalue weighted by atomic mass is 14.9. The Morgan fingerprint density at radius 2 is 2.21 bits per heavy atom. The van der Waals surface area contributed by atoms with Gasteiger partial charge in [-0.1, -0.05) is 19.1 Å². The van der Waals surface area contributed by atoms with Crippen LogP contribution in [0.4, 0.5) is 0 Å². The van der Waals surface area contributed by atoms with Crippen LogP contribution in [0.15, 0.2) is 12.2 Å². The van der Waals surface area contributed by atoms with Crippen LogP contribution in [0.25, 0.3) is 0 Å². The van der Waals surface area contributed by atoms with Gasteiger partial charge in [0.05, 0.1) is 0 Å². The number of allylic oxidation sites excluding steroid dienone is 1. The quantitative estimate of drug-likeness (QED) is 0.631. The van der Waals surface area contributed by atoms with Crippen molar-refractivity contribution in [1.82, 2.24) is 5.32 Å². The third kappa shape index (κ3) is 1.75. The number of hydrogen-bond acceptors (Lipinski definition) is 1. The van der Waals surface area contributed by atoms with Gasteiger partial charge in [-0.2, -0.15) is 0 Å². The Labute approximate surface area is 88.0 Å². The molecular weight excluding hydrogens is 170 g/mol. The molecule has 80 valence electrons. The minimum Gasteiger partial charge on any atom is -0.313 e. The summed E-state index contributed by atoms with van der Waals surface area (Å²) < 4.78 is 0. The molecule has 1 saturated carbocycles. The minimum absolute atomic E-state index is 0.588. The van der Waals surface area contributed by atoms with Crippen molar-refractivity contribution in [1.29, 1.82) is 0 Å². The summed E-state index contributed by atoms with van der Waals surface area (Å²) in [6.07, 6.45) is 6.87. The SMILES string of the molecule is C=C(C)[C@H]1CC[C@@]2(C)CCCN[C@@H]2C1. The molecule has 0 unspecified atom stereocenters. The molecule has 1 aliphatic heterocycles. The van der Waals surface area contributed by atoms with E-state index < -0.39 is 0 Å². The number of rotatable bonds is 1. The first-order valence-corrected chi connectivity index (χ1v) is 6.00. The molecule has 1 nitrogen and oxygen atoms in total. The van der Waals surface area contributed by atoms with Crippen LogP contribution in [-0.4, -0.2) is 12.6 Å². The molecule has 2 aliphatic rings. The first-order valence-electron chi connectivity index (χ1n) is 6.00. The second kappa shape index (κ2) is 3.69. The molecule has 0 aromatic rings. The highest BCUT2D eigenvalue weighted by Gasteiger charge is 2.41. The van der Waals surface area contributed by atoms with Crippen LogP contribution in [0, 0.1) is 11.3 Å². The fraction of sp³-hybridized carbons (Fsp3) is 0.846. The molecule has 1 N–H and O–H groups in total. The summed E-state index contributed by atoms with van der Waals surface area (Å²) in [7, 11) is 0. The lowest BCUT2D eigenvalue weighted by Gasteiger charge is -2.48. The zero-order valence-corrected chi connectivity index (χ0v) is 9.60. The molecule has 0 amide bonds. The Bertz CT molecular complexity index is 233. The normalized spacial score (nSPS) is 43.0. The Balaban J connectivity index is 2.05. The van der Waals surface area contributed by atoms with Crippen LogP contribution in [-0.2, 0) is 0 Å². The van der Waals surface area contributed by atoms with Gasteiger partial charge >= 0.3 is 0 Å². The smallest absolute Gasteiger partial charge is 0.0127 e. The van der Waals surface area contributed by atoms with Crippen LogP contribution >= 0.6 is 0 Å². The molecule has 3 atom stereocenters. The maximum absolute atomic E-state index is 4.11. The lowest BCUT2D eigenvalue weighted by atomic mass is 9.63. The van der Waals surface area contributed by atoms with Gasteiger partial charge in [-0.05, 0) is 56.9 Å². The summed E-state index contributed by atoms with van der Waals surface area (Å²) in [5, 5.41) is 3.71. The van der Waals surface area contributed by atoms with E-state index in [1.165, 1.54) is 44.2 Å². The van der Waals surface area contributed by atoms with E-state index in [-0.39, 0.29) is 0 Å². The maximum atomic E-state index is 4.11. The van der Waals surface area contributed by atoms with Crippen molar-refractivity contribution in [2.45, 2.75) is 52.0 Å². The standard InChI is InChI=1S/C13H23N/c1-10(2)11-5-7-13(3)6-4-8-14-12(13)9-11/h11-12,14H,1,4-9H2,2-3H3/t11-,12+,13+/m0/s1. The number of fused-ring (bicyclic) bond motifs is 1. The van der Waals surface area contributed by atoms with Crippen LogP contribution in [0.1, 0.15) is 46.0 Å². The van der Waals surface area contributed by atoms with Gasteiger partial charge in [-0.3, -0.25) is 0 Å². The van der Waals surface area contributed by atoms with E-state index in [0.717, 1.165) is 12.0 Å². The molecule has 0 aromatic heterocycles. The lowest BCUT2D eigenvalue weighted by molar-refractivity contribution is 0.0830. The average molecular weight is 193 g/mol. The van der Waals surface area contributed by atoms with Crippen LogP contribution in [0.2, 0.25) is 0 Å². The number of piperidine rings is 1. The summed E-state index contributed by atoms with van der Waals surface area (Å²) in [5.74, 6) is 0.777. The first kappa shape index (κ1) is 10.2. The average Bonchev–Trinajstić information content (AvgIpc) is 2.16. The summed E-state index contributed by atoms with van der Waals surface area (Å²) in [6, 6.07) is 0.756. The van der Waals surface area contributed by atoms with E-state index in [1.54, 1.807) is 0 Å². The van der Waals surface area contributed by atoms with Crippen LogP contribution in [0.5, 0.6) is 0 Å². The van der Waals surface area contributed by atoms with Gasteiger partial charge in [-0.25, -0.2) is 0 Å². The van der Waals surface area contributed by atoms with Crippen molar-refractivity contribution in [2.75, 3.05) is 6.54 Å². The third-order valence-corrected chi connectivity index (χ3v) is 4.44. The molecule has 0 bridgehead atoms. The van der Waals surface area contributed by atoms with E-state index in [2.05, 4.69) is 25.7 Å². The molecule has 0 aromatic carbocycles. The molecule has 1 heteroatoms. The predicted octanol–water partition coefficient (Wildman–Crippen LogP) is 3.12. The second-order valence-electron chi connectivity index (χ2n) is 5.58. The van der Waals surface area contributed by atoms with Crippen LogP contribution < -0.4 is 5.32 Å². The zero-order valence-electron chi connectivity index (χ0n) is 9.60. The largest absolute Gasteiger partial charge is 0.313 e. The Morgan fingerprint density at radius 3 is 2.93 bits per heavy atom. The number of hydrogen-bond donors (Lipinski definition) is 1. The van der Waals surface area contributed by atoms with Gasteiger partial charge in [0.25, 0.3) is 0 Å². The molecular formula is C13H23N. The van der Waals surface area contributed by atoms with E-state index >= 15 is 0 Å². The first-order chi connectivity index (χ1) is 6.62. The highest BCUT2D eigenvalue weighted by Crippen LogP contribution is 2.45. The third-order valence-electron chi connectivity index (χ3n) is 4.44. The van der Waals surface area contributed by atoms with Gasteiger partial charge in [0, 0.05) is 6.04 Å². The van der Waals surface area contributed by atoms with Crippen molar-refractivity contribution in [3.8, 4) is 0 Å². The topological polar surface area (TPSA) is 12.0 Å². The van der Waals surface area contributed by atoms with Crippen molar-refractivity contribution in [3.05, 3.63) is 12.2 Å². The van der Waals surface area contributed by atoms with Crippen molar-refractivity contribution < 1.29 is 0 Å². The van der Waals surface area contributed by atoms with Crippen LogP contribution in [0.3, 0.4) is 0 Å². The van der Waals surface area contributed by atoms with E-state index in [4.69, 9.17) is 0 Å². The molecule has 2 fully saturated rings. The maximum Gasteiger partial charge on any atom is 0.0127 e. The molecule has 1 heterocycles. The Hall–Kier alpha value is -0.300. The Kier molecular flexibility index (Phi) is 2.70. The fourth-order valence-electron chi connectivity index (χ4n) is 3.21. The van der Waals surface area contributed by atoms with Crippen molar-refractivity contribution in [2.24, 2.45) is 11.3 Å². The fourth-order valence-corrected chi connectivity index (χ4v) is 3.21. The van der Waals surface area contributed by atoms with Crippen molar-refractivity contribution in [3.63, 3.8) is 0 Å². The van der Waals surface area contributed by atoms with Gasteiger partial charge < -0.3 is 5.32 Å². The van der Waals surface area contributed by atoms with Gasteiger partial charge in [-0.15, -0.1) is 0 Å². The molecule has 1 aliphatic carbocycles. The van der Waals surface area contributed by atoms with E-state index in [1.807, 2.05) is 0 Å². The summed E-state index contributed by atoms with van der Waals surface area (Å²) in [4.78, 5) is 0. The van der Waals surface area contributed by atoms with Gasteiger partial charge in [0.2, 0.25) is 0 Å². The number of nitrogens with one attached hydrogen (secondary N) is 1. The summed E-state index contributed by atoms with van der Waals surface area (Å²) in [6.45, 7) is 10.00. The monoisotopic (exact) mass is 193 g/mol. The highest BCUT2D eigenvalue weighted by molar-refractivity contribution is 5.05. The predicted molar refractivity (Wildman–Crippen MR) is 61.3 cm³/mol. The molecule has 14 heavy (non-hydrogen) atoms.